The van der Waals surface area contributed by atoms with Crippen LogP contribution in [0.2, 0.25) is 0 Å². The predicted octanol–water partition coefficient (Wildman–Crippen LogP) is 2.95. The molecule has 4 rings (SSSR count). The van der Waals surface area contributed by atoms with Gasteiger partial charge < -0.3 is 14.7 Å². The largest absolute Gasteiger partial charge is 0.491 e. The fourth-order valence-corrected chi connectivity index (χ4v) is 3.54. The summed E-state index contributed by atoms with van der Waals surface area (Å²) in [6, 6.07) is 17.0. The highest BCUT2D eigenvalue weighted by Gasteiger charge is 2.26. The Hall–Kier alpha value is -3.56. The van der Waals surface area contributed by atoms with Crippen molar-refractivity contribution in [2.24, 2.45) is 0 Å². The number of amides is 1. The van der Waals surface area contributed by atoms with Crippen LogP contribution in [-0.2, 0) is 23.5 Å². The first kappa shape index (κ1) is 20.7. The Morgan fingerprint density at radius 2 is 2.06 bits per heavy atom. The van der Waals surface area contributed by atoms with Gasteiger partial charge in [-0.05, 0) is 49.2 Å². The van der Waals surface area contributed by atoms with Gasteiger partial charge in [-0.25, -0.2) is 0 Å². The minimum absolute atomic E-state index is 0.240. The van der Waals surface area contributed by atoms with E-state index in [9.17, 15) is 9.90 Å². The Morgan fingerprint density at radius 3 is 2.84 bits per heavy atom. The summed E-state index contributed by atoms with van der Waals surface area (Å²) in [5.74, 6) is 6.15. The van der Waals surface area contributed by atoms with Crippen LogP contribution in [0, 0.1) is 11.8 Å². The molecule has 2 aromatic carbocycles. The summed E-state index contributed by atoms with van der Waals surface area (Å²) in [5.41, 5.74) is 1.42. The van der Waals surface area contributed by atoms with E-state index in [1.54, 1.807) is 22.7 Å². The van der Waals surface area contributed by atoms with E-state index in [-0.39, 0.29) is 5.91 Å². The highest BCUT2D eigenvalue weighted by Crippen LogP contribution is 2.31. The molecule has 2 heterocycles. The molecular weight excluding hydrogens is 390 g/mol. The van der Waals surface area contributed by atoms with Crippen LogP contribution in [0.1, 0.15) is 30.0 Å². The number of benzene rings is 2. The molecule has 0 aliphatic carbocycles. The van der Waals surface area contributed by atoms with Crippen molar-refractivity contribution in [1.29, 1.82) is 0 Å². The van der Waals surface area contributed by atoms with Crippen molar-refractivity contribution in [3.63, 3.8) is 0 Å². The van der Waals surface area contributed by atoms with Gasteiger partial charge in [0.1, 0.15) is 12.4 Å². The summed E-state index contributed by atoms with van der Waals surface area (Å²) < 4.78 is 7.64. The van der Waals surface area contributed by atoms with Gasteiger partial charge in [0.25, 0.3) is 5.91 Å². The predicted molar refractivity (Wildman–Crippen MR) is 117 cm³/mol. The third-order valence-electron chi connectivity index (χ3n) is 5.42. The second-order valence-electron chi connectivity index (χ2n) is 7.81. The molecule has 0 radical (unpaired) electrons. The molecule has 1 aliphatic heterocycles. The second kappa shape index (κ2) is 9.07. The zero-order valence-corrected chi connectivity index (χ0v) is 17.5. The van der Waals surface area contributed by atoms with Crippen molar-refractivity contribution in [3.05, 3.63) is 83.7 Å². The third-order valence-corrected chi connectivity index (χ3v) is 5.42. The summed E-state index contributed by atoms with van der Waals surface area (Å²) in [6.07, 6.45) is 4.11. The molecule has 1 atom stereocenters. The molecule has 0 saturated carbocycles. The van der Waals surface area contributed by atoms with E-state index >= 15 is 0 Å². The molecule has 0 fully saturated rings. The second-order valence-corrected chi connectivity index (χ2v) is 7.81. The van der Waals surface area contributed by atoms with Gasteiger partial charge in [0.2, 0.25) is 0 Å². The smallest absolute Gasteiger partial charge is 0.299 e. The number of hydrogen-bond acceptors (Lipinski definition) is 4. The summed E-state index contributed by atoms with van der Waals surface area (Å²) in [6.45, 7) is 3.65. The van der Waals surface area contributed by atoms with Crippen LogP contribution in [0.15, 0.2) is 67.0 Å². The van der Waals surface area contributed by atoms with Crippen LogP contribution in [0.5, 0.6) is 5.75 Å². The molecule has 6 nitrogen and oxygen atoms in total. The molecule has 0 saturated heterocycles. The topological polar surface area (TPSA) is 67.6 Å². The molecular formula is C25H25N3O3. The molecule has 1 amide bonds. The SMILES string of the molecule is CC(O)(CCn1cccn1)c1ccc2c(c1)CN(C(=O)C#Cc1ccccc1)CCO2. The van der Waals surface area contributed by atoms with Crippen molar-refractivity contribution in [1.82, 2.24) is 14.7 Å². The summed E-state index contributed by atoms with van der Waals surface area (Å²) in [4.78, 5) is 14.4. The Kier molecular flexibility index (Phi) is 6.06. The summed E-state index contributed by atoms with van der Waals surface area (Å²) in [5, 5.41) is 15.2. The molecule has 0 bridgehead atoms. The standard InChI is InChI=1S/C25H25N3O3/c1-25(30,12-15-28-14-5-13-26-28)22-9-10-23-21(18-22)19-27(16-17-31-23)24(29)11-8-20-6-3-2-4-7-20/h2-7,9-10,13-14,18,30H,12,15-17,19H2,1H3. The van der Waals surface area contributed by atoms with Crippen molar-refractivity contribution in [2.75, 3.05) is 13.2 Å². The number of aromatic nitrogens is 2. The van der Waals surface area contributed by atoms with Crippen LogP contribution in [-0.4, -0.2) is 38.8 Å². The number of ether oxygens (including phenoxy) is 1. The van der Waals surface area contributed by atoms with Gasteiger partial charge in [0.15, 0.2) is 0 Å². The van der Waals surface area contributed by atoms with Crippen molar-refractivity contribution in [3.8, 4) is 17.6 Å². The fourth-order valence-electron chi connectivity index (χ4n) is 3.54. The van der Waals surface area contributed by atoms with E-state index in [0.29, 0.717) is 32.7 Å². The van der Waals surface area contributed by atoms with Crippen LogP contribution in [0.4, 0.5) is 0 Å². The molecule has 1 N–H and O–H groups in total. The monoisotopic (exact) mass is 415 g/mol. The van der Waals surface area contributed by atoms with Gasteiger partial charge in [0, 0.05) is 36.0 Å². The van der Waals surface area contributed by atoms with Crippen LogP contribution >= 0.6 is 0 Å². The first-order chi connectivity index (χ1) is 15.0. The number of hydrogen-bond donors (Lipinski definition) is 1. The van der Waals surface area contributed by atoms with Gasteiger partial charge in [-0.1, -0.05) is 30.2 Å². The molecule has 6 heteroatoms. The minimum atomic E-state index is -1.03. The fraction of sp³-hybridized carbons (Fsp3) is 0.280. The third kappa shape index (κ3) is 5.14. The maximum absolute atomic E-state index is 12.7. The Morgan fingerprint density at radius 1 is 1.23 bits per heavy atom. The summed E-state index contributed by atoms with van der Waals surface area (Å²) >= 11 is 0. The molecule has 158 valence electrons. The lowest BCUT2D eigenvalue weighted by molar-refractivity contribution is -0.125. The average Bonchev–Trinajstić information content (AvgIpc) is 3.21. The Balaban J connectivity index is 1.50. The quantitative estimate of drug-likeness (QED) is 0.666. The number of carbonyl (C=O) groups excluding carboxylic acids is 1. The highest BCUT2D eigenvalue weighted by molar-refractivity contribution is 5.94. The number of aryl methyl sites for hydroxylation is 1. The van der Waals surface area contributed by atoms with Gasteiger partial charge in [0.05, 0.1) is 18.7 Å². The maximum atomic E-state index is 12.7. The van der Waals surface area contributed by atoms with Gasteiger partial charge in [-0.15, -0.1) is 0 Å². The van der Waals surface area contributed by atoms with Crippen molar-refractivity contribution < 1.29 is 14.6 Å². The van der Waals surface area contributed by atoms with Crippen molar-refractivity contribution >= 4 is 5.91 Å². The van der Waals surface area contributed by atoms with E-state index in [4.69, 9.17) is 4.74 Å². The normalized spacial score (nSPS) is 15.0. The molecule has 1 aromatic heterocycles. The first-order valence-electron chi connectivity index (χ1n) is 10.3. The molecule has 1 aliphatic rings. The molecule has 3 aromatic rings. The average molecular weight is 415 g/mol. The zero-order chi connectivity index (χ0) is 21.7. The minimum Gasteiger partial charge on any atom is -0.491 e. The number of rotatable bonds is 4. The lowest BCUT2D eigenvalue weighted by Crippen LogP contribution is -2.31. The lowest BCUT2D eigenvalue weighted by Gasteiger charge is -2.25. The van der Waals surface area contributed by atoms with E-state index in [1.165, 1.54) is 0 Å². The highest BCUT2D eigenvalue weighted by atomic mass is 16.5. The van der Waals surface area contributed by atoms with Gasteiger partial charge in [-0.2, -0.15) is 5.10 Å². The van der Waals surface area contributed by atoms with Crippen LogP contribution in [0.25, 0.3) is 0 Å². The lowest BCUT2D eigenvalue weighted by atomic mass is 9.91. The van der Waals surface area contributed by atoms with E-state index in [0.717, 1.165) is 22.4 Å². The number of nitrogens with zero attached hydrogens (tertiary/aromatic N) is 3. The van der Waals surface area contributed by atoms with Gasteiger partial charge >= 0.3 is 0 Å². The van der Waals surface area contributed by atoms with E-state index in [2.05, 4.69) is 16.9 Å². The molecule has 31 heavy (non-hydrogen) atoms. The zero-order valence-electron chi connectivity index (χ0n) is 17.5. The summed E-state index contributed by atoms with van der Waals surface area (Å²) in [7, 11) is 0. The van der Waals surface area contributed by atoms with E-state index in [1.807, 2.05) is 60.8 Å². The number of aliphatic hydroxyl groups is 1. The maximum Gasteiger partial charge on any atom is 0.299 e. The van der Waals surface area contributed by atoms with Crippen molar-refractivity contribution in [2.45, 2.75) is 32.0 Å². The molecule has 0 spiro atoms. The Labute approximate surface area is 182 Å². The number of carbonyl (C=O) groups is 1. The number of fused-ring (bicyclic) bond motifs is 1. The van der Waals surface area contributed by atoms with Crippen LogP contribution in [0.3, 0.4) is 0 Å². The molecule has 1 unspecified atom stereocenters. The Bertz CT molecular complexity index is 1100. The first-order valence-corrected chi connectivity index (χ1v) is 10.3. The van der Waals surface area contributed by atoms with E-state index < -0.39 is 5.60 Å². The van der Waals surface area contributed by atoms with Crippen LogP contribution < -0.4 is 4.74 Å². The van der Waals surface area contributed by atoms with Gasteiger partial charge in [-0.3, -0.25) is 9.48 Å².